The molecule has 96 valence electrons. The highest BCUT2D eigenvalue weighted by molar-refractivity contribution is 9.10. The highest BCUT2D eigenvalue weighted by Crippen LogP contribution is 2.29. The molecule has 0 radical (unpaired) electrons. The summed E-state index contributed by atoms with van der Waals surface area (Å²) >= 11 is 3.50. The van der Waals surface area contributed by atoms with Crippen LogP contribution in [-0.2, 0) is 13.2 Å². The summed E-state index contributed by atoms with van der Waals surface area (Å²) in [6, 6.07) is 7.85. The van der Waals surface area contributed by atoms with Crippen molar-refractivity contribution < 1.29 is 9.26 Å². The van der Waals surface area contributed by atoms with Gasteiger partial charge in [-0.15, -0.1) is 0 Å². The largest absolute Gasteiger partial charge is 0.484 e. The zero-order valence-corrected chi connectivity index (χ0v) is 12.0. The fourth-order valence-electron chi connectivity index (χ4n) is 1.67. The lowest BCUT2D eigenvalue weighted by Gasteiger charge is -2.11. The summed E-state index contributed by atoms with van der Waals surface area (Å²) in [7, 11) is 1.91. The zero-order valence-electron chi connectivity index (χ0n) is 10.4. The van der Waals surface area contributed by atoms with Crippen LogP contribution in [0.4, 0.5) is 0 Å². The molecule has 1 aromatic carbocycles. The number of ether oxygens (including phenoxy) is 1. The van der Waals surface area contributed by atoms with E-state index in [4.69, 9.17) is 9.26 Å². The molecule has 4 nitrogen and oxygen atoms in total. The summed E-state index contributed by atoms with van der Waals surface area (Å²) in [5.74, 6) is 1.56. The van der Waals surface area contributed by atoms with Gasteiger partial charge in [0.1, 0.15) is 12.4 Å². The predicted molar refractivity (Wildman–Crippen MR) is 72.5 cm³/mol. The number of halogens is 1. The molecule has 2 rings (SSSR count). The fraction of sp³-hybridized carbons (Fsp3) is 0.308. The van der Waals surface area contributed by atoms with Gasteiger partial charge in [0.2, 0.25) is 0 Å². The maximum absolute atomic E-state index is 5.80. The second-order valence-corrected chi connectivity index (χ2v) is 4.84. The van der Waals surface area contributed by atoms with E-state index >= 15 is 0 Å². The molecule has 0 bridgehead atoms. The van der Waals surface area contributed by atoms with Crippen LogP contribution < -0.4 is 10.1 Å². The molecule has 18 heavy (non-hydrogen) atoms. The fourth-order valence-corrected chi connectivity index (χ4v) is 2.19. The van der Waals surface area contributed by atoms with Crippen LogP contribution in [0.3, 0.4) is 0 Å². The summed E-state index contributed by atoms with van der Waals surface area (Å²) in [5, 5.41) is 6.95. The van der Waals surface area contributed by atoms with Gasteiger partial charge >= 0.3 is 0 Å². The number of aromatic nitrogens is 1. The first kappa shape index (κ1) is 13.1. The Balaban J connectivity index is 2.12. The van der Waals surface area contributed by atoms with Gasteiger partial charge in [-0.25, -0.2) is 0 Å². The Labute approximate surface area is 114 Å². The number of rotatable bonds is 5. The van der Waals surface area contributed by atoms with Gasteiger partial charge in [-0.3, -0.25) is 0 Å². The average molecular weight is 311 g/mol. The first-order valence-electron chi connectivity index (χ1n) is 5.67. The van der Waals surface area contributed by atoms with Crippen LogP contribution in [0.2, 0.25) is 0 Å². The number of aryl methyl sites for hydroxylation is 1. The third-order valence-corrected chi connectivity index (χ3v) is 3.08. The van der Waals surface area contributed by atoms with E-state index in [0.717, 1.165) is 33.8 Å². The quantitative estimate of drug-likeness (QED) is 0.922. The number of para-hydroxylation sites is 1. The molecule has 0 atom stereocenters. The Morgan fingerprint density at radius 2 is 2.28 bits per heavy atom. The Kier molecular flexibility index (Phi) is 4.38. The topological polar surface area (TPSA) is 47.3 Å². The molecule has 1 N–H and O–H groups in total. The Morgan fingerprint density at radius 3 is 2.94 bits per heavy atom. The summed E-state index contributed by atoms with van der Waals surface area (Å²) in [6.07, 6.45) is 0. The van der Waals surface area contributed by atoms with Crippen LogP contribution in [0, 0.1) is 6.92 Å². The van der Waals surface area contributed by atoms with Gasteiger partial charge in [-0.2, -0.15) is 0 Å². The van der Waals surface area contributed by atoms with Crippen LogP contribution in [0.5, 0.6) is 5.75 Å². The standard InChI is InChI=1S/C13H15BrN2O2/c1-9-6-11(18-16-9)8-17-13-10(7-15-2)4-3-5-12(13)14/h3-6,15H,7-8H2,1-2H3. The lowest BCUT2D eigenvalue weighted by molar-refractivity contribution is 0.245. The number of nitrogens with one attached hydrogen (secondary N) is 1. The number of hydrogen-bond acceptors (Lipinski definition) is 4. The highest BCUT2D eigenvalue weighted by Gasteiger charge is 2.09. The minimum atomic E-state index is 0.375. The number of nitrogens with zero attached hydrogens (tertiary/aromatic N) is 1. The zero-order chi connectivity index (χ0) is 13.0. The van der Waals surface area contributed by atoms with Gasteiger partial charge in [0.15, 0.2) is 5.76 Å². The second kappa shape index (κ2) is 6.02. The molecule has 2 aromatic rings. The molecular weight excluding hydrogens is 296 g/mol. The highest BCUT2D eigenvalue weighted by atomic mass is 79.9. The predicted octanol–water partition coefficient (Wildman–Crippen LogP) is 3.04. The summed E-state index contributed by atoms with van der Waals surface area (Å²) in [6.45, 7) is 3.02. The average Bonchev–Trinajstić information content (AvgIpc) is 2.75. The van der Waals surface area contributed by atoms with Crippen molar-refractivity contribution in [2.75, 3.05) is 7.05 Å². The molecule has 1 aromatic heterocycles. The normalized spacial score (nSPS) is 10.6. The van der Waals surface area contributed by atoms with E-state index < -0.39 is 0 Å². The maximum Gasteiger partial charge on any atom is 0.174 e. The molecule has 1 heterocycles. The van der Waals surface area contributed by atoms with Gasteiger partial charge < -0.3 is 14.6 Å². The van der Waals surface area contributed by atoms with Gasteiger partial charge in [0.05, 0.1) is 10.2 Å². The molecule has 0 saturated carbocycles. The molecule has 0 aliphatic rings. The third kappa shape index (κ3) is 3.11. The Hall–Kier alpha value is -1.33. The SMILES string of the molecule is CNCc1cccc(Br)c1OCc1cc(C)no1. The van der Waals surface area contributed by atoms with Gasteiger partial charge in [0, 0.05) is 18.2 Å². The Bertz CT molecular complexity index is 525. The molecule has 0 aliphatic heterocycles. The van der Waals surface area contributed by atoms with Crippen molar-refractivity contribution in [1.82, 2.24) is 10.5 Å². The van der Waals surface area contributed by atoms with Gasteiger partial charge in [-0.1, -0.05) is 17.3 Å². The monoisotopic (exact) mass is 310 g/mol. The van der Waals surface area contributed by atoms with Crippen LogP contribution in [0.1, 0.15) is 17.0 Å². The number of benzene rings is 1. The molecule has 0 unspecified atom stereocenters. The summed E-state index contributed by atoms with van der Waals surface area (Å²) in [4.78, 5) is 0. The van der Waals surface area contributed by atoms with Crippen molar-refractivity contribution in [2.24, 2.45) is 0 Å². The van der Waals surface area contributed by atoms with Crippen LogP contribution in [0.25, 0.3) is 0 Å². The van der Waals surface area contributed by atoms with Gasteiger partial charge in [-0.05, 0) is 36.0 Å². The van der Waals surface area contributed by atoms with Crippen molar-refractivity contribution >= 4 is 15.9 Å². The lowest BCUT2D eigenvalue weighted by atomic mass is 10.2. The second-order valence-electron chi connectivity index (χ2n) is 3.98. The Morgan fingerprint density at radius 1 is 1.44 bits per heavy atom. The molecule has 0 fully saturated rings. The summed E-state index contributed by atoms with van der Waals surface area (Å²) < 4.78 is 11.9. The van der Waals surface area contributed by atoms with Crippen LogP contribution in [0.15, 0.2) is 33.3 Å². The van der Waals surface area contributed by atoms with Crippen molar-refractivity contribution in [2.45, 2.75) is 20.1 Å². The minimum absolute atomic E-state index is 0.375. The first-order valence-corrected chi connectivity index (χ1v) is 6.47. The van der Waals surface area contributed by atoms with Crippen molar-refractivity contribution in [3.8, 4) is 5.75 Å². The smallest absolute Gasteiger partial charge is 0.174 e. The van der Waals surface area contributed by atoms with E-state index in [1.165, 1.54) is 0 Å². The lowest BCUT2D eigenvalue weighted by Crippen LogP contribution is -2.07. The van der Waals surface area contributed by atoms with E-state index in [2.05, 4.69) is 26.4 Å². The van der Waals surface area contributed by atoms with Crippen molar-refractivity contribution in [3.63, 3.8) is 0 Å². The van der Waals surface area contributed by atoms with E-state index in [1.54, 1.807) is 0 Å². The minimum Gasteiger partial charge on any atom is -0.484 e. The molecule has 0 saturated heterocycles. The third-order valence-electron chi connectivity index (χ3n) is 2.45. The van der Waals surface area contributed by atoms with Crippen LogP contribution in [-0.4, -0.2) is 12.2 Å². The van der Waals surface area contributed by atoms with Crippen molar-refractivity contribution in [3.05, 3.63) is 45.8 Å². The van der Waals surface area contributed by atoms with E-state index in [9.17, 15) is 0 Å². The van der Waals surface area contributed by atoms with Gasteiger partial charge in [0.25, 0.3) is 0 Å². The molecule has 0 spiro atoms. The van der Waals surface area contributed by atoms with E-state index in [-0.39, 0.29) is 0 Å². The maximum atomic E-state index is 5.80. The number of hydrogen-bond donors (Lipinski definition) is 1. The van der Waals surface area contributed by atoms with Crippen molar-refractivity contribution in [1.29, 1.82) is 0 Å². The van der Waals surface area contributed by atoms with E-state index in [1.807, 2.05) is 38.2 Å². The molecule has 5 heteroatoms. The molecular formula is C13H15BrN2O2. The summed E-state index contributed by atoms with van der Waals surface area (Å²) in [5.41, 5.74) is 1.96. The first-order chi connectivity index (χ1) is 8.70. The molecule has 0 aliphatic carbocycles. The molecule has 0 amide bonds. The van der Waals surface area contributed by atoms with E-state index in [0.29, 0.717) is 6.61 Å². The van der Waals surface area contributed by atoms with Crippen LogP contribution >= 0.6 is 15.9 Å².